The summed E-state index contributed by atoms with van der Waals surface area (Å²) in [4.78, 5) is 39.8. The van der Waals surface area contributed by atoms with E-state index in [2.05, 4.69) is 31.4 Å². The van der Waals surface area contributed by atoms with E-state index in [4.69, 9.17) is 4.74 Å². The van der Waals surface area contributed by atoms with Gasteiger partial charge >= 0.3 is 6.09 Å². The molecule has 1 aliphatic carbocycles. The standard InChI is InChI=1S/C27H43N3O4/c1-8-30(24(31)15-16-28-26(33)34-27(5,6)7)23-12-10-9-11-22(23)29-25(32)21-17-19(4)13-14-20(21)18(2)3/h9-12,18-21H,8,13-17H2,1-7H3,(H,28,33)(H,29,32). The number of ether oxygens (including phenoxy) is 1. The van der Waals surface area contributed by atoms with Crippen LogP contribution in [0.4, 0.5) is 16.2 Å². The third-order valence-electron chi connectivity index (χ3n) is 6.44. The molecular formula is C27H43N3O4. The molecule has 1 saturated carbocycles. The highest BCUT2D eigenvalue weighted by molar-refractivity contribution is 6.01. The van der Waals surface area contributed by atoms with Crippen molar-refractivity contribution in [3.63, 3.8) is 0 Å². The van der Waals surface area contributed by atoms with E-state index in [1.54, 1.807) is 25.7 Å². The SMILES string of the molecule is CCN(C(=O)CCNC(=O)OC(C)(C)C)c1ccccc1NC(=O)C1CC(C)CCC1C(C)C. The molecular weight excluding hydrogens is 430 g/mol. The molecule has 2 rings (SSSR count). The van der Waals surface area contributed by atoms with Gasteiger partial charge in [0, 0.05) is 25.4 Å². The quantitative estimate of drug-likeness (QED) is 0.514. The number of benzene rings is 1. The van der Waals surface area contributed by atoms with Crippen LogP contribution in [0, 0.1) is 23.7 Å². The maximum absolute atomic E-state index is 13.3. The van der Waals surface area contributed by atoms with E-state index in [-0.39, 0.29) is 30.7 Å². The lowest BCUT2D eigenvalue weighted by molar-refractivity contribution is -0.124. The van der Waals surface area contributed by atoms with Gasteiger partial charge in [0.05, 0.1) is 11.4 Å². The molecule has 0 aliphatic heterocycles. The molecule has 0 saturated heterocycles. The van der Waals surface area contributed by atoms with Crippen molar-refractivity contribution >= 4 is 29.3 Å². The number of alkyl carbamates (subject to hydrolysis) is 1. The summed E-state index contributed by atoms with van der Waals surface area (Å²) in [7, 11) is 0. The lowest BCUT2D eigenvalue weighted by Crippen LogP contribution is -2.38. The third-order valence-corrected chi connectivity index (χ3v) is 6.44. The maximum Gasteiger partial charge on any atom is 0.407 e. The minimum absolute atomic E-state index is 0.0272. The average Bonchev–Trinajstić information content (AvgIpc) is 2.73. The normalized spacial score (nSPS) is 20.5. The summed E-state index contributed by atoms with van der Waals surface area (Å²) in [5.41, 5.74) is 0.722. The fourth-order valence-corrected chi connectivity index (χ4v) is 4.75. The average molecular weight is 474 g/mol. The van der Waals surface area contributed by atoms with Crippen molar-refractivity contribution in [1.82, 2.24) is 5.32 Å². The van der Waals surface area contributed by atoms with Crippen LogP contribution in [0.3, 0.4) is 0 Å². The van der Waals surface area contributed by atoms with E-state index in [1.165, 1.54) is 6.42 Å². The molecule has 1 aliphatic rings. The number of carbonyl (C=O) groups excluding carboxylic acids is 3. The van der Waals surface area contributed by atoms with Gasteiger partial charge < -0.3 is 20.3 Å². The second-order valence-electron chi connectivity index (χ2n) is 10.8. The van der Waals surface area contributed by atoms with Crippen LogP contribution in [0.15, 0.2) is 24.3 Å². The maximum atomic E-state index is 13.3. The highest BCUT2D eigenvalue weighted by atomic mass is 16.6. The van der Waals surface area contributed by atoms with E-state index in [1.807, 2.05) is 31.2 Å². The molecule has 34 heavy (non-hydrogen) atoms. The Kier molecular flexibility index (Phi) is 9.95. The molecule has 0 aromatic heterocycles. The zero-order valence-corrected chi connectivity index (χ0v) is 21.9. The van der Waals surface area contributed by atoms with E-state index >= 15 is 0 Å². The molecule has 3 atom stereocenters. The molecule has 7 heteroatoms. The lowest BCUT2D eigenvalue weighted by atomic mass is 9.70. The van der Waals surface area contributed by atoms with Gasteiger partial charge in [-0.2, -0.15) is 0 Å². The number of carbonyl (C=O) groups is 3. The predicted octanol–water partition coefficient (Wildman–Crippen LogP) is 5.60. The summed E-state index contributed by atoms with van der Waals surface area (Å²) in [5, 5.41) is 5.76. The van der Waals surface area contributed by atoms with Crippen molar-refractivity contribution in [1.29, 1.82) is 0 Å². The minimum atomic E-state index is -0.592. The summed E-state index contributed by atoms with van der Waals surface area (Å²) >= 11 is 0. The van der Waals surface area contributed by atoms with Crippen molar-refractivity contribution in [3.8, 4) is 0 Å². The molecule has 2 N–H and O–H groups in total. The van der Waals surface area contributed by atoms with Crippen LogP contribution in [0.25, 0.3) is 0 Å². The first-order valence-corrected chi connectivity index (χ1v) is 12.6. The largest absolute Gasteiger partial charge is 0.444 e. The first kappa shape index (κ1) is 27.7. The molecule has 1 aromatic carbocycles. The van der Waals surface area contributed by atoms with Gasteiger partial charge in [0.1, 0.15) is 5.60 Å². The molecule has 0 spiro atoms. The molecule has 1 fully saturated rings. The minimum Gasteiger partial charge on any atom is -0.444 e. The van der Waals surface area contributed by atoms with E-state index < -0.39 is 11.7 Å². The lowest BCUT2D eigenvalue weighted by Gasteiger charge is -2.36. The Labute approximate surface area is 205 Å². The topological polar surface area (TPSA) is 87.7 Å². The number of nitrogens with zero attached hydrogens (tertiary/aromatic N) is 1. The van der Waals surface area contributed by atoms with Gasteiger partial charge in [0.2, 0.25) is 11.8 Å². The summed E-state index contributed by atoms with van der Waals surface area (Å²) in [6, 6.07) is 7.42. The monoisotopic (exact) mass is 473 g/mol. The molecule has 0 radical (unpaired) electrons. The van der Waals surface area contributed by atoms with Crippen LogP contribution in [-0.4, -0.2) is 36.6 Å². The van der Waals surface area contributed by atoms with Gasteiger partial charge in [0.15, 0.2) is 0 Å². The molecule has 190 valence electrons. The molecule has 0 bridgehead atoms. The Morgan fingerprint density at radius 3 is 2.44 bits per heavy atom. The number of para-hydroxylation sites is 2. The highest BCUT2D eigenvalue weighted by Gasteiger charge is 2.35. The first-order chi connectivity index (χ1) is 15.9. The van der Waals surface area contributed by atoms with Crippen molar-refractivity contribution < 1.29 is 19.1 Å². The van der Waals surface area contributed by atoms with Gasteiger partial charge in [-0.3, -0.25) is 9.59 Å². The van der Waals surface area contributed by atoms with Gasteiger partial charge in [-0.1, -0.05) is 39.3 Å². The van der Waals surface area contributed by atoms with Crippen LogP contribution in [0.2, 0.25) is 0 Å². The predicted molar refractivity (Wildman–Crippen MR) is 137 cm³/mol. The first-order valence-electron chi connectivity index (χ1n) is 12.6. The second-order valence-corrected chi connectivity index (χ2v) is 10.8. The Balaban J connectivity index is 2.08. The zero-order valence-electron chi connectivity index (χ0n) is 21.9. The van der Waals surface area contributed by atoms with Gasteiger partial charge in [-0.05, 0) is 70.4 Å². The van der Waals surface area contributed by atoms with Crippen LogP contribution < -0.4 is 15.5 Å². The van der Waals surface area contributed by atoms with Gasteiger partial charge in [-0.25, -0.2) is 4.79 Å². The van der Waals surface area contributed by atoms with Crippen molar-refractivity contribution in [2.75, 3.05) is 23.3 Å². The van der Waals surface area contributed by atoms with Crippen molar-refractivity contribution in [2.24, 2.45) is 23.7 Å². The van der Waals surface area contributed by atoms with Gasteiger partial charge in [0.25, 0.3) is 0 Å². The molecule has 1 aromatic rings. The number of amides is 3. The van der Waals surface area contributed by atoms with E-state index in [0.717, 1.165) is 12.8 Å². The second kappa shape index (κ2) is 12.2. The fraction of sp³-hybridized carbons (Fsp3) is 0.667. The summed E-state index contributed by atoms with van der Waals surface area (Å²) in [6.07, 6.45) is 2.72. The number of hydrogen-bond acceptors (Lipinski definition) is 4. The van der Waals surface area contributed by atoms with Crippen LogP contribution >= 0.6 is 0 Å². The number of anilines is 2. The number of hydrogen-bond donors (Lipinski definition) is 2. The third kappa shape index (κ3) is 8.03. The molecule has 0 heterocycles. The molecule has 7 nitrogen and oxygen atoms in total. The van der Waals surface area contributed by atoms with Crippen LogP contribution in [-0.2, 0) is 14.3 Å². The zero-order chi connectivity index (χ0) is 25.5. The molecule has 3 unspecified atom stereocenters. The summed E-state index contributed by atoms with van der Waals surface area (Å²) < 4.78 is 5.22. The summed E-state index contributed by atoms with van der Waals surface area (Å²) in [6.45, 7) is 14.5. The van der Waals surface area contributed by atoms with E-state index in [9.17, 15) is 14.4 Å². The van der Waals surface area contributed by atoms with Crippen LogP contribution in [0.5, 0.6) is 0 Å². The fourth-order valence-electron chi connectivity index (χ4n) is 4.75. The highest BCUT2D eigenvalue weighted by Crippen LogP contribution is 2.39. The van der Waals surface area contributed by atoms with Crippen molar-refractivity contribution in [2.45, 2.75) is 79.8 Å². The Morgan fingerprint density at radius 2 is 1.82 bits per heavy atom. The summed E-state index contributed by atoms with van der Waals surface area (Å²) in [5.74, 6) is 1.23. The Bertz CT molecular complexity index is 847. The van der Waals surface area contributed by atoms with Gasteiger partial charge in [-0.15, -0.1) is 0 Å². The Morgan fingerprint density at radius 1 is 1.15 bits per heavy atom. The number of rotatable bonds is 8. The van der Waals surface area contributed by atoms with Crippen molar-refractivity contribution in [3.05, 3.63) is 24.3 Å². The molecule has 3 amide bonds. The van der Waals surface area contributed by atoms with E-state index in [0.29, 0.717) is 35.7 Å². The number of nitrogens with one attached hydrogen (secondary N) is 2. The smallest absolute Gasteiger partial charge is 0.407 e. The van der Waals surface area contributed by atoms with Crippen LogP contribution in [0.1, 0.15) is 74.1 Å². The Hall–Kier alpha value is -2.57.